The van der Waals surface area contributed by atoms with E-state index in [9.17, 15) is 0 Å². The average molecular weight is 341 g/mol. The zero-order valence-corrected chi connectivity index (χ0v) is 14.4. The molecule has 4 rings (SSSR count). The standard InChI is InChI=1S/C21H19N5/c1-13(14-7-3-2-4-8-14)18-19(26-21(23)20(22)25-18)16-9-5-11-17-15(16)10-6-12-24-17/h2-13H,1H3,(H2,22,25)(H2,23,26)/t13-/m1/s1. The number of nitrogens with zero attached hydrogens (tertiary/aromatic N) is 3. The Kier molecular flexibility index (Phi) is 3.97. The maximum Gasteiger partial charge on any atom is 0.166 e. The second-order valence-corrected chi connectivity index (χ2v) is 6.24. The van der Waals surface area contributed by atoms with Crippen molar-refractivity contribution < 1.29 is 0 Å². The van der Waals surface area contributed by atoms with Crippen LogP contribution in [0.4, 0.5) is 11.6 Å². The van der Waals surface area contributed by atoms with Crippen LogP contribution in [0.3, 0.4) is 0 Å². The van der Waals surface area contributed by atoms with E-state index >= 15 is 0 Å². The highest BCUT2D eigenvalue weighted by Gasteiger charge is 2.20. The van der Waals surface area contributed by atoms with Crippen LogP contribution in [0.5, 0.6) is 0 Å². The van der Waals surface area contributed by atoms with Gasteiger partial charge in [0.2, 0.25) is 0 Å². The molecular formula is C21H19N5. The molecule has 2 aromatic heterocycles. The molecule has 0 aliphatic rings. The van der Waals surface area contributed by atoms with Crippen molar-refractivity contribution in [3.63, 3.8) is 0 Å². The van der Waals surface area contributed by atoms with E-state index in [1.807, 2.05) is 48.5 Å². The lowest BCUT2D eigenvalue weighted by Crippen LogP contribution is -2.10. The van der Waals surface area contributed by atoms with Gasteiger partial charge in [-0.25, -0.2) is 9.97 Å². The van der Waals surface area contributed by atoms with Crippen molar-refractivity contribution in [1.29, 1.82) is 0 Å². The Bertz CT molecular complexity index is 1070. The number of rotatable bonds is 3. The lowest BCUT2D eigenvalue weighted by Gasteiger charge is -2.17. The second kappa shape index (κ2) is 6.44. The van der Waals surface area contributed by atoms with E-state index in [2.05, 4.69) is 34.0 Å². The molecule has 0 spiro atoms. The summed E-state index contributed by atoms with van der Waals surface area (Å²) in [5.41, 5.74) is 16.5. The van der Waals surface area contributed by atoms with Crippen LogP contribution in [-0.2, 0) is 0 Å². The first-order chi connectivity index (χ1) is 12.6. The Balaban J connectivity index is 1.98. The van der Waals surface area contributed by atoms with Gasteiger partial charge < -0.3 is 11.5 Å². The molecule has 0 aliphatic carbocycles. The Morgan fingerprint density at radius 3 is 2.38 bits per heavy atom. The van der Waals surface area contributed by atoms with Gasteiger partial charge in [0.25, 0.3) is 0 Å². The van der Waals surface area contributed by atoms with Crippen LogP contribution in [0.25, 0.3) is 22.2 Å². The van der Waals surface area contributed by atoms with Crippen LogP contribution in [0, 0.1) is 0 Å². The minimum atomic E-state index is 0.0218. The third kappa shape index (κ3) is 2.73. The summed E-state index contributed by atoms with van der Waals surface area (Å²) in [6, 6.07) is 20.1. The highest BCUT2D eigenvalue weighted by atomic mass is 15.0. The highest BCUT2D eigenvalue weighted by molar-refractivity contribution is 5.94. The zero-order valence-electron chi connectivity index (χ0n) is 14.4. The van der Waals surface area contributed by atoms with E-state index in [1.54, 1.807) is 6.20 Å². The smallest absolute Gasteiger partial charge is 0.166 e. The predicted molar refractivity (Wildman–Crippen MR) is 106 cm³/mol. The van der Waals surface area contributed by atoms with Crippen molar-refractivity contribution in [2.24, 2.45) is 0 Å². The van der Waals surface area contributed by atoms with Crippen LogP contribution in [0.1, 0.15) is 24.1 Å². The maximum atomic E-state index is 6.00. The fourth-order valence-corrected chi connectivity index (χ4v) is 3.18. The number of nitrogen functional groups attached to an aromatic ring is 2. The van der Waals surface area contributed by atoms with Crippen molar-refractivity contribution >= 4 is 22.5 Å². The number of pyridine rings is 1. The molecule has 1 atom stereocenters. The van der Waals surface area contributed by atoms with E-state index in [-0.39, 0.29) is 17.6 Å². The molecule has 4 aromatic rings. The summed E-state index contributed by atoms with van der Waals surface area (Å²) >= 11 is 0. The minimum absolute atomic E-state index is 0.0218. The molecule has 2 aromatic carbocycles. The topological polar surface area (TPSA) is 90.7 Å². The number of hydrogen-bond donors (Lipinski definition) is 2. The van der Waals surface area contributed by atoms with Crippen molar-refractivity contribution in [3.8, 4) is 11.3 Å². The van der Waals surface area contributed by atoms with Gasteiger partial charge in [-0.2, -0.15) is 0 Å². The molecule has 26 heavy (non-hydrogen) atoms. The maximum absolute atomic E-state index is 6.00. The molecule has 0 fully saturated rings. The molecule has 5 heteroatoms. The van der Waals surface area contributed by atoms with Gasteiger partial charge in [-0.3, -0.25) is 4.98 Å². The van der Waals surface area contributed by atoms with Crippen molar-refractivity contribution in [1.82, 2.24) is 15.0 Å². The van der Waals surface area contributed by atoms with E-state index in [0.29, 0.717) is 0 Å². The second-order valence-electron chi connectivity index (χ2n) is 6.24. The van der Waals surface area contributed by atoms with Gasteiger partial charge >= 0.3 is 0 Å². The largest absolute Gasteiger partial charge is 0.381 e. The zero-order chi connectivity index (χ0) is 18.1. The first-order valence-electron chi connectivity index (χ1n) is 8.47. The molecular weight excluding hydrogens is 322 g/mol. The summed E-state index contributed by atoms with van der Waals surface area (Å²) in [7, 11) is 0. The third-order valence-electron chi connectivity index (χ3n) is 4.59. The monoisotopic (exact) mass is 341 g/mol. The molecule has 128 valence electrons. The lowest BCUT2D eigenvalue weighted by atomic mass is 9.92. The Morgan fingerprint density at radius 2 is 1.58 bits per heavy atom. The van der Waals surface area contributed by atoms with E-state index in [4.69, 9.17) is 11.5 Å². The molecule has 4 N–H and O–H groups in total. The predicted octanol–water partition coefficient (Wildman–Crippen LogP) is 4.01. The number of aromatic nitrogens is 3. The van der Waals surface area contributed by atoms with Gasteiger partial charge in [-0.15, -0.1) is 0 Å². The average Bonchev–Trinajstić information content (AvgIpc) is 2.69. The van der Waals surface area contributed by atoms with Crippen LogP contribution >= 0.6 is 0 Å². The molecule has 0 radical (unpaired) electrons. The normalized spacial score (nSPS) is 12.2. The molecule has 2 heterocycles. The molecule has 5 nitrogen and oxygen atoms in total. The van der Waals surface area contributed by atoms with E-state index in [0.717, 1.165) is 33.4 Å². The number of benzene rings is 2. The summed E-state index contributed by atoms with van der Waals surface area (Å²) < 4.78 is 0. The molecule has 0 bridgehead atoms. The van der Waals surface area contributed by atoms with Gasteiger partial charge in [0.05, 0.1) is 16.9 Å². The number of hydrogen-bond acceptors (Lipinski definition) is 5. The summed E-state index contributed by atoms with van der Waals surface area (Å²) in [6.07, 6.45) is 1.78. The first-order valence-corrected chi connectivity index (χ1v) is 8.47. The van der Waals surface area contributed by atoms with E-state index < -0.39 is 0 Å². The molecule has 0 unspecified atom stereocenters. The van der Waals surface area contributed by atoms with Crippen molar-refractivity contribution in [3.05, 3.63) is 78.1 Å². The Morgan fingerprint density at radius 1 is 0.808 bits per heavy atom. The fourth-order valence-electron chi connectivity index (χ4n) is 3.18. The van der Waals surface area contributed by atoms with Crippen LogP contribution in [0.2, 0.25) is 0 Å². The fraction of sp³-hybridized carbons (Fsp3) is 0.0952. The van der Waals surface area contributed by atoms with Gasteiger partial charge in [0.1, 0.15) is 0 Å². The first kappa shape index (κ1) is 16.0. The van der Waals surface area contributed by atoms with Gasteiger partial charge in [-0.05, 0) is 17.7 Å². The summed E-state index contributed by atoms with van der Waals surface area (Å²) in [5, 5.41) is 1.01. The Labute approximate surface area is 151 Å². The van der Waals surface area contributed by atoms with E-state index in [1.165, 1.54) is 0 Å². The number of anilines is 2. The summed E-state index contributed by atoms with van der Waals surface area (Å²) in [5.74, 6) is 0.517. The van der Waals surface area contributed by atoms with Crippen molar-refractivity contribution in [2.75, 3.05) is 11.5 Å². The Hall–Kier alpha value is -3.47. The summed E-state index contributed by atoms with van der Waals surface area (Å²) in [4.78, 5) is 13.6. The van der Waals surface area contributed by atoms with Gasteiger partial charge in [0.15, 0.2) is 11.6 Å². The number of nitrogens with two attached hydrogens (primary N) is 2. The third-order valence-corrected chi connectivity index (χ3v) is 4.59. The quantitative estimate of drug-likeness (QED) is 0.587. The van der Waals surface area contributed by atoms with Crippen molar-refractivity contribution in [2.45, 2.75) is 12.8 Å². The molecule has 0 aliphatic heterocycles. The highest BCUT2D eigenvalue weighted by Crippen LogP contribution is 2.35. The van der Waals surface area contributed by atoms with Gasteiger partial charge in [0, 0.05) is 23.1 Å². The molecule has 0 saturated carbocycles. The lowest BCUT2D eigenvalue weighted by molar-refractivity contribution is 0.867. The molecule has 0 saturated heterocycles. The van der Waals surface area contributed by atoms with Crippen LogP contribution < -0.4 is 11.5 Å². The number of fused-ring (bicyclic) bond motifs is 1. The van der Waals surface area contributed by atoms with Crippen LogP contribution in [-0.4, -0.2) is 15.0 Å². The SMILES string of the molecule is C[C@H](c1ccccc1)c1nc(N)c(N)nc1-c1cccc2ncccc12. The van der Waals surface area contributed by atoms with Gasteiger partial charge in [-0.1, -0.05) is 55.5 Å². The summed E-state index contributed by atoms with van der Waals surface area (Å²) in [6.45, 7) is 2.10. The minimum Gasteiger partial charge on any atom is -0.381 e. The van der Waals surface area contributed by atoms with Crippen LogP contribution in [0.15, 0.2) is 66.9 Å². The molecule has 0 amide bonds.